The van der Waals surface area contributed by atoms with E-state index in [9.17, 15) is 13.2 Å². The number of rotatable bonds is 6. The minimum atomic E-state index is -3.48. The van der Waals surface area contributed by atoms with Crippen molar-refractivity contribution in [2.24, 2.45) is 0 Å². The first-order valence-corrected chi connectivity index (χ1v) is 10.2. The highest BCUT2D eigenvalue weighted by molar-refractivity contribution is 7.92. The summed E-state index contributed by atoms with van der Waals surface area (Å²) in [6.07, 6.45) is 2.53. The molecule has 0 aliphatic heterocycles. The molecule has 0 unspecified atom stereocenters. The molecule has 1 fully saturated rings. The molecule has 0 bridgehead atoms. The molecule has 1 aliphatic rings. The molecular weight excluding hydrogens is 376 g/mol. The van der Waals surface area contributed by atoms with Gasteiger partial charge in [0.15, 0.2) is 0 Å². The number of amides is 1. The van der Waals surface area contributed by atoms with Crippen LogP contribution in [0, 0.1) is 0 Å². The van der Waals surface area contributed by atoms with Gasteiger partial charge >= 0.3 is 0 Å². The third-order valence-electron chi connectivity index (χ3n) is 4.31. The topological polar surface area (TPSA) is 84.5 Å². The molecule has 6 nitrogen and oxygen atoms in total. The Morgan fingerprint density at radius 2 is 1.92 bits per heavy atom. The van der Waals surface area contributed by atoms with Crippen LogP contribution in [0.15, 0.2) is 42.5 Å². The number of nitrogens with one attached hydrogen (secondary N) is 2. The lowest BCUT2D eigenvalue weighted by Gasteiger charge is -2.17. The van der Waals surface area contributed by atoms with E-state index in [0.717, 1.165) is 24.7 Å². The van der Waals surface area contributed by atoms with E-state index in [1.54, 1.807) is 24.3 Å². The molecule has 1 aliphatic carbocycles. The lowest BCUT2D eigenvalue weighted by molar-refractivity contribution is -0.118. The number of carbonyl (C=O) groups is 1. The van der Waals surface area contributed by atoms with Gasteiger partial charge in [-0.2, -0.15) is 0 Å². The first kappa shape index (κ1) is 18.5. The predicted octanol–water partition coefficient (Wildman–Crippen LogP) is 3.39. The number of halogens is 1. The van der Waals surface area contributed by atoms with Crippen LogP contribution in [-0.4, -0.2) is 27.7 Å². The predicted molar refractivity (Wildman–Crippen MR) is 102 cm³/mol. The van der Waals surface area contributed by atoms with Crippen molar-refractivity contribution >= 4 is 38.9 Å². The largest absolute Gasteiger partial charge is 0.495 e. The molecular formula is C18H19ClN2O4S. The van der Waals surface area contributed by atoms with Gasteiger partial charge in [-0.05, 0) is 48.7 Å². The summed E-state index contributed by atoms with van der Waals surface area (Å²) < 4.78 is 30.6. The summed E-state index contributed by atoms with van der Waals surface area (Å²) in [7, 11) is -2.03. The molecule has 0 atom stereocenters. The molecule has 1 saturated carbocycles. The van der Waals surface area contributed by atoms with Gasteiger partial charge in [0.1, 0.15) is 5.75 Å². The molecule has 2 aromatic rings. The van der Waals surface area contributed by atoms with Crippen molar-refractivity contribution in [3.05, 3.63) is 53.1 Å². The average Bonchev–Trinajstić information content (AvgIpc) is 3.35. The lowest BCUT2D eigenvalue weighted by atomic mass is 9.95. The Balaban J connectivity index is 1.85. The molecule has 2 N–H and O–H groups in total. The van der Waals surface area contributed by atoms with Crippen LogP contribution in [-0.2, 0) is 20.2 Å². The van der Waals surface area contributed by atoms with Gasteiger partial charge in [0.2, 0.25) is 15.9 Å². The number of carbonyl (C=O) groups excluding carboxylic acids is 1. The van der Waals surface area contributed by atoms with Crippen LogP contribution < -0.4 is 14.8 Å². The molecule has 0 aromatic heterocycles. The third kappa shape index (κ3) is 3.94. The summed E-state index contributed by atoms with van der Waals surface area (Å²) in [5, 5.41) is 3.46. The van der Waals surface area contributed by atoms with Crippen LogP contribution in [0.1, 0.15) is 18.4 Å². The van der Waals surface area contributed by atoms with E-state index in [1.807, 2.05) is 12.1 Å². The van der Waals surface area contributed by atoms with Crippen molar-refractivity contribution in [3.8, 4) is 5.75 Å². The zero-order valence-electron chi connectivity index (χ0n) is 14.4. The Hall–Kier alpha value is -2.25. The summed E-state index contributed by atoms with van der Waals surface area (Å²) in [5.41, 5.74) is 1.04. The lowest BCUT2D eigenvalue weighted by Crippen LogP contribution is -2.27. The molecule has 8 heteroatoms. The standard InChI is InChI=1S/C18H19ClN2O4S/c1-25-16-7-6-14(11-15(16)21-26(2,23)24)20-17(22)18(8-9-18)12-4-3-5-13(19)10-12/h3-7,10-11,21H,8-9H2,1-2H3,(H,20,22). The summed E-state index contributed by atoms with van der Waals surface area (Å²) in [6.45, 7) is 0. The number of ether oxygens (including phenoxy) is 1. The van der Waals surface area contributed by atoms with Gasteiger partial charge < -0.3 is 10.1 Å². The van der Waals surface area contributed by atoms with Crippen molar-refractivity contribution in [2.75, 3.05) is 23.4 Å². The molecule has 1 amide bonds. The van der Waals surface area contributed by atoms with E-state index in [2.05, 4.69) is 10.0 Å². The minimum Gasteiger partial charge on any atom is -0.495 e. The van der Waals surface area contributed by atoms with Crippen LogP contribution >= 0.6 is 11.6 Å². The first-order valence-electron chi connectivity index (χ1n) is 7.97. The van der Waals surface area contributed by atoms with Gasteiger partial charge in [0.05, 0.1) is 24.5 Å². The maximum absolute atomic E-state index is 12.8. The first-order chi connectivity index (χ1) is 12.2. The van der Waals surface area contributed by atoms with E-state index in [-0.39, 0.29) is 11.6 Å². The van der Waals surface area contributed by atoms with Crippen molar-refractivity contribution in [1.82, 2.24) is 0 Å². The average molecular weight is 395 g/mol. The summed E-state index contributed by atoms with van der Waals surface area (Å²) in [5.74, 6) is 0.222. The Labute approximate surface area is 157 Å². The normalized spacial score (nSPS) is 15.2. The van der Waals surface area contributed by atoms with Crippen molar-refractivity contribution in [2.45, 2.75) is 18.3 Å². The van der Waals surface area contributed by atoms with Crippen molar-refractivity contribution in [3.63, 3.8) is 0 Å². The molecule has 0 radical (unpaired) electrons. The zero-order chi connectivity index (χ0) is 18.9. The smallest absolute Gasteiger partial charge is 0.235 e. The van der Waals surface area contributed by atoms with Crippen LogP contribution in [0.3, 0.4) is 0 Å². The molecule has 0 saturated heterocycles. The van der Waals surface area contributed by atoms with Crippen LogP contribution in [0.2, 0.25) is 5.02 Å². The van der Waals surface area contributed by atoms with E-state index >= 15 is 0 Å². The van der Waals surface area contributed by atoms with E-state index in [0.29, 0.717) is 16.5 Å². The van der Waals surface area contributed by atoms with Crippen LogP contribution in [0.25, 0.3) is 0 Å². The van der Waals surface area contributed by atoms with Gasteiger partial charge in [0.25, 0.3) is 0 Å². The Morgan fingerprint density at radius 3 is 2.50 bits per heavy atom. The number of anilines is 2. The summed E-state index contributed by atoms with van der Waals surface area (Å²) in [6, 6.07) is 12.1. The summed E-state index contributed by atoms with van der Waals surface area (Å²) in [4.78, 5) is 12.8. The summed E-state index contributed by atoms with van der Waals surface area (Å²) >= 11 is 6.05. The minimum absolute atomic E-state index is 0.143. The second-order valence-electron chi connectivity index (χ2n) is 6.34. The fourth-order valence-corrected chi connectivity index (χ4v) is 3.62. The molecule has 138 valence electrons. The second-order valence-corrected chi connectivity index (χ2v) is 8.52. The second kappa shape index (κ2) is 6.81. The maximum atomic E-state index is 12.8. The van der Waals surface area contributed by atoms with Gasteiger partial charge in [0, 0.05) is 10.7 Å². The van der Waals surface area contributed by atoms with E-state index in [1.165, 1.54) is 13.2 Å². The third-order valence-corrected chi connectivity index (χ3v) is 5.14. The van der Waals surface area contributed by atoms with Gasteiger partial charge in [-0.1, -0.05) is 23.7 Å². The molecule has 3 rings (SSSR count). The fraction of sp³-hybridized carbons (Fsp3) is 0.278. The number of benzene rings is 2. The number of methoxy groups -OCH3 is 1. The quantitative estimate of drug-likeness (QED) is 0.786. The van der Waals surface area contributed by atoms with Gasteiger partial charge in [-0.25, -0.2) is 8.42 Å². The van der Waals surface area contributed by atoms with Crippen molar-refractivity contribution in [1.29, 1.82) is 0 Å². The highest BCUT2D eigenvalue weighted by atomic mass is 35.5. The van der Waals surface area contributed by atoms with E-state index in [4.69, 9.17) is 16.3 Å². The Kier molecular flexibility index (Phi) is 4.86. The number of hydrogen-bond donors (Lipinski definition) is 2. The molecule has 26 heavy (non-hydrogen) atoms. The van der Waals surface area contributed by atoms with Crippen molar-refractivity contribution < 1.29 is 17.9 Å². The van der Waals surface area contributed by atoms with Crippen LogP contribution in [0.4, 0.5) is 11.4 Å². The SMILES string of the molecule is COc1ccc(NC(=O)C2(c3cccc(Cl)c3)CC2)cc1NS(C)(=O)=O. The molecule has 2 aromatic carbocycles. The monoisotopic (exact) mass is 394 g/mol. The zero-order valence-corrected chi connectivity index (χ0v) is 15.9. The molecule has 0 spiro atoms. The highest BCUT2D eigenvalue weighted by Gasteiger charge is 2.51. The molecule has 0 heterocycles. The number of hydrogen-bond acceptors (Lipinski definition) is 4. The maximum Gasteiger partial charge on any atom is 0.235 e. The van der Waals surface area contributed by atoms with Crippen LogP contribution in [0.5, 0.6) is 5.75 Å². The highest BCUT2D eigenvalue weighted by Crippen LogP contribution is 2.49. The van der Waals surface area contributed by atoms with Gasteiger partial charge in [-0.15, -0.1) is 0 Å². The fourth-order valence-electron chi connectivity index (χ4n) is 2.87. The Morgan fingerprint density at radius 1 is 1.19 bits per heavy atom. The Bertz CT molecular complexity index is 955. The van der Waals surface area contributed by atoms with Gasteiger partial charge in [-0.3, -0.25) is 9.52 Å². The van der Waals surface area contributed by atoms with E-state index < -0.39 is 15.4 Å². The number of sulfonamides is 1.